The van der Waals surface area contributed by atoms with Gasteiger partial charge in [0.15, 0.2) is 11.8 Å². The Morgan fingerprint density at radius 1 is 1.10 bits per heavy atom. The predicted octanol–water partition coefficient (Wildman–Crippen LogP) is 4.97. The zero-order valence-corrected chi connectivity index (χ0v) is 16.1. The Bertz CT molecular complexity index is 998. The quantitative estimate of drug-likeness (QED) is 0.572. The number of nitrogens with one attached hydrogen (secondary N) is 1. The number of rotatable bonds is 6. The standard InChI is InChI=1S/C20H16F3N3O2S/c1-13-10-16(29-19-24-8-3-9-25-19)6-7-17(13)26-18(27)12-28-15-5-2-4-14(11-15)20(21,22)23/h2-11H,12H2,1H3,(H,26,27). The molecule has 1 aromatic heterocycles. The third kappa shape index (κ3) is 5.95. The average Bonchev–Trinajstić information content (AvgIpc) is 2.69. The Morgan fingerprint density at radius 3 is 2.55 bits per heavy atom. The van der Waals surface area contributed by atoms with E-state index >= 15 is 0 Å². The van der Waals surface area contributed by atoms with E-state index in [1.807, 2.05) is 19.1 Å². The Hall–Kier alpha value is -3.07. The van der Waals surface area contributed by atoms with Crippen LogP contribution in [0, 0.1) is 6.92 Å². The number of amides is 1. The molecule has 0 unspecified atom stereocenters. The largest absolute Gasteiger partial charge is 0.484 e. The molecule has 0 aliphatic rings. The van der Waals surface area contributed by atoms with Crippen LogP contribution in [0.2, 0.25) is 0 Å². The van der Waals surface area contributed by atoms with Gasteiger partial charge in [-0.05, 0) is 66.7 Å². The summed E-state index contributed by atoms with van der Waals surface area (Å²) in [6.07, 6.45) is -1.16. The van der Waals surface area contributed by atoms with Gasteiger partial charge < -0.3 is 10.1 Å². The number of carbonyl (C=O) groups excluding carboxylic acids is 1. The maximum atomic E-state index is 12.7. The molecule has 2 aromatic carbocycles. The van der Waals surface area contributed by atoms with Gasteiger partial charge in [-0.2, -0.15) is 13.2 Å². The fourth-order valence-corrected chi connectivity index (χ4v) is 3.19. The van der Waals surface area contributed by atoms with E-state index in [2.05, 4.69) is 15.3 Å². The van der Waals surface area contributed by atoms with Crippen LogP contribution in [0.3, 0.4) is 0 Å². The molecule has 0 saturated heterocycles. The van der Waals surface area contributed by atoms with Crippen molar-refractivity contribution >= 4 is 23.4 Å². The molecule has 1 N–H and O–H groups in total. The molecule has 1 amide bonds. The number of nitrogens with zero attached hydrogens (tertiary/aromatic N) is 2. The van der Waals surface area contributed by atoms with Crippen molar-refractivity contribution in [1.82, 2.24) is 9.97 Å². The summed E-state index contributed by atoms with van der Waals surface area (Å²) in [6, 6.07) is 11.6. The molecule has 0 bridgehead atoms. The van der Waals surface area contributed by atoms with Gasteiger partial charge in [0.25, 0.3) is 5.91 Å². The van der Waals surface area contributed by atoms with E-state index in [0.717, 1.165) is 22.6 Å². The van der Waals surface area contributed by atoms with Gasteiger partial charge in [0.2, 0.25) is 0 Å². The molecule has 0 saturated carbocycles. The highest BCUT2D eigenvalue weighted by molar-refractivity contribution is 7.99. The fraction of sp³-hybridized carbons (Fsp3) is 0.150. The fourth-order valence-electron chi connectivity index (χ4n) is 2.38. The number of ether oxygens (including phenoxy) is 1. The van der Waals surface area contributed by atoms with Crippen LogP contribution in [-0.2, 0) is 11.0 Å². The highest BCUT2D eigenvalue weighted by Gasteiger charge is 2.30. The van der Waals surface area contributed by atoms with Crippen molar-refractivity contribution in [2.75, 3.05) is 11.9 Å². The normalized spacial score (nSPS) is 11.2. The predicted molar refractivity (Wildman–Crippen MR) is 103 cm³/mol. The summed E-state index contributed by atoms with van der Waals surface area (Å²) < 4.78 is 43.4. The molecule has 1 heterocycles. The van der Waals surface area contributed by atoms with Gasteiger partial charge in [0.05, 0.1) is 5.56 Å². The molecule has 3 aromatic rings. The van der Waals surface area contributed by atoms with Crippen molar-refractivity contribution in [3.05, 3.63) is 72.1 Å². The molecule has 0 aliphatic heterocycles. The zero-order valence-electron chi connectivity index (χ0n) is 15.2. The van der Waals surface area contributed by atoms with Crippen LogP contribution < -0.4 is 10.1 Å². The smallest absolute Gasteiger partial charge is 0.416 e. The van der Waals surface area contributed by atoms with Gasteiger partial charge in [-0.1, -0.05) is 6.07 Å². The SMILES string of the molecule is Cc1cc(Sc2ncccn2)ccc1NC(=O)COc1cccc(C(F)(F)F)c1. The second-order valence-corrected chi connectivity index (χ2v) is 7.01. The number of alkyl halides is 3. The van der Waals surface area contributed by atoms with Gasteiger partial charge in [0, 0.05) is 23.0 Å². The van der Waals surface area contributed by atoms with Crippen molar-refractivity contribution in [1.29, 1.82) is 0 Å². The van der Waals surface area contributed by atoms with Crippen molar-refractivity contribution in [3.8, 4) is 5.75 Å². The molecule has 29 heavy (non-hydrogen) atoms. The summed E-state index contributed by atoms with van der Waals surface area (Å²) >= 11 is 1.39. The van der Waals surface area contributed by atoms with Crippen LogP contribution in [0.4, 0.5) is 18.9 Å². The lowest BCUT2D eigenvalue weighted by molar-refractivity contribution is -0.137. The maximum Gasteiger partial charge on any atom is 0.416 e. The highest BCUT2D eigenvalue weighted by Crippen LogP contribution is 2.31. The van der Waals surface area contributed by atoms with Gasteiger partial charge in [0.1, 0.15) is 5.75 Å². The number of halogens is 3. The van der Waals surface area contributed by atoms with Crippen molar-refractivity contribution < 1.29 is 22.7 Å². The molecular formula is C20H16F3N3O2S. The first-order chi connectivity index (χ1) is 13.8. The minimum absolute atomic E-state index is 0.0266. The van der Waals surface area contributed by atoms with Crippen LogP contribution >= 0.6 is 11.8 Å². The molecule has 0 atom stereocenters. The van der Waals surface area contributed by atoms with Gasteiger partial charge in [-0.15, -0.1) is 0 Å². The van der Waals surface area contributed by atoms with E-state index < -0.39 is 24.3 Å². The van der Waals surface area contributed by atoms with E-state index in [1.54, 1.807) is 24.5 Å². The van der Waals surface area contributed by atoms with Crippen molar-refractivity contribution in [2.45, 2.75) is 23.2 Å². The van der Waals surface area contributed by atoms with Gasteiger partial charge in [-0.3, -0.25) is 4.79 Å². The lowest BCUT2D eigenvalue weighted by Gasteiger charge is -2.12. The summed E-state index contributed by atoms with van der Waals surface area (Å²) in [5.74, 6) is -0.501. The topological polar surface area (TPSA) is 64.1 Å². The summed E-state index contributed by atoms with van der Waals surface area (Å²) in [5.41, 5.74) is 0.570. The average molecular weight is 419 g/mol. The van der Waals surface area contributed by atoms with E-state index in [0.29, 0.717) is 10.8 Å². The van der Waals surface area contributed by atoms with E-state index in [4.69, 9.17) is 4.74 Å². The molecule has 0 fully saturated rings. The second-order valence-electron chi connectivity index (χ2n) is 5.97. The van der Waals surface area contributed by atoms with Crippen LogP contribution in [0.1, 0.15) is 11.1 Å². The number of carbonyl (C=O) groups is 1. The highest BCUT2D eigenvalue weighted by atomic mass is 32.2. The van der Waals surface area contributed by atoms with E-state index in [1.165, 1.54) is 23.9 Å². The molecule has 9 heteroatoms. The molecule has 150 valence electrons. The first-order valence-corrected chi connectivity index (χ1v) is 9.28. The van der Waals surface area contributed by atoms with Crippen LogP contribution in [0.5, 0.6) is 5.75 Å². The Balaban J connectivity index is 1.58. The van der Waals surface area contributed by atoms with Crippen LogP contribution in [-0.4, -0.2) is 22.5 Å². The first-order valence-electron chi connectivity index (χ1n) is 8.47. The molecule has 0 spiro atoms. The van der Waals surface area contributed by atoms with Crippen molar-refractivity contribution in [2.24, 2.45) is 0 Å². The summed E-state index contributed by atoms with van der Waals surface area (Å²) in [7, 11) is 0. The lowest BCUT2D eigenvalue weighted by atomic mass is 10.2. The molecule has 5 nitrogen and oxygen atoms in total. The van der Waals surface area contributed by atoms with Gasteiger partial charge >= 0.3 is 6.18 Å². The minimum Gasteiger partial charge on any atom is -0.484 e. The van der Waals surface area contributed by atoms with Crippen molar-refractivity contribution in [3.63, 3.8) is 0 Å². The summed E-state index contributed by atoms with van der Waals surface area (Å²) in [6.45, 7) is 1.42. The number of benzene rings is 2. The monoisotopic (exact) mass is 419 g/mol. The third-order valence-electron chi connectivity index (χ3n) is 3.75. The van der Waals surface area contributed by atoms with Crippen LogP contribution in [0.15, 0.2) is 71.0 Å². The minimum atomic E-state index is -4.47. The molecule has 0 radical (unpaired) electrons. The Labute approximate surface area is 169 Å². The van der Waals surface area contributed by atoms with E-state index in [-0.39, 0.29) is 5.75 Å². The first kappa shape index (κ1) is 20.7. The molecule has 3 rings (SSSR count). The summed E-state index contributed by atoms with van der Waals surface area (Å²) in [5, 5.41) is 3.30. The van der Waals surface area contributed by atoms with Crippen LogP contribution in [0.25, 0.3) is 0 Å². The number of aryl methyl sites for hydroxylation is 1. The number of hydrogen-bond acceptors (Lipinski definition) is 5. The lowest BCUT2D eigenvalue weighted by Crippen LogP contribution is -2.20. The Morgan fingerprint density at radius 2 is 1.86 bits per heavy atom. The number of anilines is 1. The molecule has 0 aliphatic carbocycles. The van der Waals surface area contributed by atoms with E-state index in [9.17, 15) is 18.0 Å². The number of hydrogen-bond donors (Lipinski definition) is 1. The summed E-state index contributed by atoms with van der Waals surface area (Å²) in [4.78, 5) is 21.3. The maximum absolute atomic E-state index is 12.7. The second kappa shape index (κ2) is 8.95. The zero-order chi connectivity index (χ0) is 20.9. The third-order valence-corrected chi connectivity index (χ3v) is 4.64. The number of aromatic nitrogens is 2. The molecular weight excluding hydrogens is 403 g/mol. The van der Waals surface area contributed by atoms with Gasteiger partial charge in [-0.25, -0.2) is 9.97 Å². The Kier molecular flexibility index (Phi) is 6.38.